The van der Waals surface area contributed by atoms with Gasteiger partial charge in [0.25, 0.3) is 11.5 Å². The number of aliphatic carboxylic acids is 1. The van der Waals surface area contributed by atoms with Crippen molar-refractivity contribution in [3.63, 3.8) is 0 Å². The highest BCUT2D eigenvalue weighted by atomic mass is 16.4. The summed E-state index contributed by atoms with van der Waals surface area (Å²) in [5.74, 6) is -1.11. The lowest BCUT2D eigenvalue weighted by molar-refractivity contribution is -0.149. The number of carbonyl (C=O) groups is 2. The molecule has 0 spiro atoms. The zero-order valence-corrected chi connectivity index (χ0v) is 13.1. The Morgan fingerprint density at radius 2 is 2.08 bits per heavy atom. The van der Waals surface area contributed by atoms with Crippen molar-refractivity contribution in [2.75, 3.05) is 13.1 Å². The van der Waals surface area contributed by atoms with E-state index in [-0.39, 0.29) is 29.6 Å². The lowest BCUT2D eigenvalue weighted by atomic mass is 9.81. The largest absolute Gasteiger partial charge is 0.481 e. The summed E-state index contributed by atoms with van der Waals surface area (Å²) in [5.41, 5.74) is -0.893. The molecular weight excluding hydrogens is 308 g/mol. The Bertz CT molecular complexity index is 903. The third-order valence-corrected chi connectivity index (χ3v) is 5.57. The molecule has 2 heterocycles. The molecule has 2 aliphatic rings. The highest BCUT2D eigenvalue weighted by Crippen LogP contribution is 2.49. The summed E-state index contributed by atoms with van der Waals surface area (Å²) in [6, 6.07) is 8.76. The van der Waals surface area contributed by atoms with Crippen molar-refractivity contribution in [3.8, 4) is 0 Å². The van der Waals surface area contributed by atoms with E-state index in [2.05, 4.69) is 4.98 Å². The van der Waals surface area contributed by atoms with Crippen molar-refractivity contribution in [1.29, 1.82) is 0 Å². The third kappa shape index (κ3) is 2.06. The number of pyridine rings is 1. The van der Waals surface area contributed by atoms with Crippen LogP contribution < -0.4 is 5.56 Å². The standard InChI is InChI=1S/C18H18N2O4/c21-15-13-6-2-1-4-11(13)8-14(19-15)16(22)20-9-12-5-3-7-18(12,10-20)17(23)24/h1-2,4,6,8,12H,3,5,7,9-10H2,(H,19,21)(H,23,24)/t12-,18+/m0/s1. The fourth-order valence-corrected chi connectivity index (χ4v) is 4.29. The van der Waals surface area contributed by atoms with Crippen molar-refractivity contribution in [2.24, 2.45) is 11.3 Å². The molecule has 2 N–H and O–H groups in total. The number of rotatable bonds is 2. The molecule has 0 radical (unpaired) electrons. The molecule has 0 bridgehead atoms. The first-order valence-electron chi connectivity index (χ1n) is 8.16. The van der Waals surface area contributed by atoms with Crippen LogP contribution in [0.2, 0.25) is 0 Å². The Kier molecular flexibility index (Phi) is 3.23. The van der Waals surface area contributed by atoms with Gasteiger partial charge in [-0.05, 0) is 36.3 Å². The van der Waals surface area contributed by atoms with E-state index in [1.54, 1.807) is 29.2 Å². The van der Waals surface area contributed by atoms with Gasteiger partial charge in [0.05, 0.1) is 5.41 Å². The minimum Gasteiger partial charge on any atom is -0.481 e. The molecule has 1 aromatic heterocycles. The van der Waals surface area contributed by atoms with Gasteiger partial charge in [0, 0.05) is 18.5 Å². The lowest BCUT2D eigenvalue weighted by Gasteiger charge is -2.23. The van der Waals surface area contributed by atoms with E-state index in [9.17, 15) is 19.5 Å². The Labute approximate surface area is 138 Å². The number of carboxylic acids is 1. The number of benzene rings is 1. The topological polar surface area (TPSA) is 90.5 Å². The van der Waals surface area contributed by atoms with Crippen LogP contribution in [-0.4, -0.2) is 40.0 Å². The van der Waals surface area contributed by atoms with Gasteiger partial charge in [-0.15, -0.1) is 0 Å². The molecule has 0 unspecified atom stereocenters. The van der Waals surface area contributed by atoms with Crippen LogP contribution in [-0.2, 0) is 4.79 Å². The molecule has 1 aliphatic heterocycles. The number of nitrogens with one attached hydrogen (secondary N) is 1. The van der Waals surface area contributed by atoms with Crippen LogP contribution in [0, 0.1) is 11.3 Å². The van der Waals surface area contributed by atoms with Gasteiger partial charge in [-0.25, -0.2) is 0 Å². The molecule has 124 valence electrons. The number of carbonyl (C=O) groups excluding carboxylic acids is 1. The highest BCUT2D eigenvalue weighted by molar-refractivity contribution is 5.97. The third-order valence-electron chi connectivity index (χ3n) is 5.57. The van der Waals surface area contributed by atoms with Crippen LogP contribution in [0.5, 0.6) is 0 Å². The monoisotopic (exact) mass is 326 g/mol. The van der Waals surface area contributed by atoms with Crippen LogP contribution >= 0.6 is 0 Å². The first kappa shape index (κ1) is 14.9. The maximum atomic E-state index is 12.8. The molecular formula is C18H18N2O4. The van der Waals surface area contributed by atoms with E-state index in [1.807, 2.05) is 6.07 Å². The molecule has 1 amide bonds. The second-order valence-corrected chi connectivity index (χ2v) is 6.84. The van der Waals surface area contributed by atoms with Crippen molar-refractivity contribution in [3.05, 3.63) is 46.4 Å². The van der Waals surface area contributed by atoms with E-state index < -0.39 is 11.4 Å². The van der Waals surface area contributed by atoms with Gasteiger partial charge in [-0.3, -0.25) is 14.4 Å². The van der Waals surface area contributed by atoms with E-state index in [0.717, 1.165) is 12.8 Å². The number of aromatic nitrogens is 1. The fourth-order valence-electron chi connectivity index (χ4n) is 4.29. The quantitative estimate of drug-likeness (QED) is 0.881. The SMILES string of the molecule is O=C(c1cc2ccccc2c(=O)[nH]1)N1C[C@@H]2CCC[C@@]2(C(=O)O)C1. The van der Waals surface area contributed by atoms with E-state index in [0.29, 0.717) is 23.7 Å². The molecule has 1 aromatic carbocycles. The summed E-state index contributed by atoms with van der Waals surface area (Å²) >= 11 is 0. The Morgan fingerprint density at radius 1 is 1.29 bits per heavy atom. The number of hydrogen-bond donors (Lipinski definition) is 2. The number of amides is 1. The fraction of sp³-hybridized carbons (Fsp3) is 0.389. The summed E-state index contributed by atoms with van der Waals surface area (Å²) in [6.07, 6.45) is 2.35. The predicted octanol–water partition coefficient (Wildman–Crippen LogP) is 1.86. The summed E-state index contributed by atoms with van der Waals surface area (Å²) in [4.78, 5) is 40.9. The predicted molar refractivity (Wildman–Crippen MR) is 87.9 cm³/mol. The van der Waals surface area contributed by atoms with Gasteiger partial charge >= 0.3 is 5.97 Å². The molecule has 6 heteroatoms. The normalized spacial score (nSPS) is 25.8. The first-order chi connectivity index (χ1) is 11.5. The molecule has 1 aliphatic carbocycles. The number of likely N-dealkylation sites (tertiary alicyclic amines) is 1. The lowest BCUT2D eigenvalue weighted by Crippen LogP contribution is -2.37. The van der Waals surface area contributed by atoms with E-state index in [1.165, 1.54) is 0 Å². The minimum absolute atomic E-state index is 0.00567. The number of hydrogen-bond acceptors (Lipinski definition) is 3. The summed E-state index contributed by atoms with van der Waals surface area (Å²) in [5, 5.41) is 10.9. The molecule has 6 nitrogen and oxygen atoms in total. The van der Waals surface area contributed by atoms with Gasteiger partial charge < -0.3 is 15.0 Å². The number of H-pyrrole nitrogens is 1. The van der Waals surface area contributed by atoms with E-state index in [4.69, 9.17) is 0 Å². The summed E-state index contributed by atoms with van der Waals surface area (Å²) in [7, 11) is 0. The smallest absolute Gasteiger partial charge is 0.311 e. The van der Waals surface area contributed by atoms with Gasteiger partial charge in [0.2, 0.25) is 0 Å². The van der Waals surface area contributed by atoms with Gasteiger partial charge in [0.15, 0.2) is 0 Å². The zero-order chi connectivity index (χ0) is 16.9. The molecule has 2 fully saturated rings. The number of aromatic amines is 1. The highest BCUT2D eigenvalue weighted by Gasteiger charge is 2.55. The molecule has 1 saturated heterocycles. The molecule has 24 heavy (non-hydrogen) atoms. The minimum atomic E-state index is -0.813. The van der Waals surface area contributed by atoms with Gasteiger partial charge in [-0.1, -0.05) is 24.6 Å². The molecule has 2 atom stereocenters. The number of fused-ring (bicyclic) bond motifs is 2. The Balaban J connectivity index is 1.68. The van der Waals surface area contributed by atoms with Crippen LogP contribution in [0.3, 0.4) is 0 Å². The van der Waals surface area contributed by atoms with Gasteiger partial charge in [-0.2, -0.15) is 0 Å². The zero-order valence-electron chi connectivity index (χ0n) is 13.1. The van der Waals surface area contributed by atoms with Crippen molar-refractivity contribution >= 4 is 22.6 Å². The first-order valence-corrected chi connectivity index (χ1v) is 8.16. The average Bonchev–Trinajstić information content (AvgIpc) is 3.12. The average molecular weight is 326 g/mol. The second kappa shape index (κ2) is 5.19. The van der Waals surface area contributed by atoms with Crippen LogP contribution in [0.15, 0.2) is 35.1 Å². The maximum Gasteiger partial charge on any atom is 0.311 e. The number of nitrogens with zero attached hydrogens (tertiary/aromatic N) is 1. The van der Waals surface area contributed by atoms with Crippen LogP contribution in [0.1, 0.15) is 29.8 Å². The van der Waals surface area contributed by atoms with Gasteiger partial charge in [0.1, 0.15) is 5.69 Å². The summed E-state index contributed by atoms with van der Waals surface area (Å²) in [6.45, 7) is 0.667. The molecule has 4 rings (SSSR count). The van der Waals surface area contributed by atoms with Crippen molar-refractivity contribution < 1.29 is 14.7 Å². The van der Waals surface area contributed by atoms with Crippen molar-refractivity contribution in [1.82, 2.24) is 9.88 Å². The molecule has 2 aromatic rings. The second-order valence-electron chi connectivity index (χ2n) is 6.84. The Hall–Kier alpha value is -2.63. The maximum absolute atomic E-state index is 12.8. The van der Waals surface area contributed by atoms with Crippen LogP contribution in [0.4, 0.5) is 0 Å². The summed E-state index contributed by atoms with van der Waals surface area (Å²) < 4.78 is 0. The van der Waals surface area contributed by atoms with Crippen LogP contribution in [0.25, 0.3) is 10.8 Å². The van der Waals surface area contributed by atoms with Crippen molar-refractivity contribution in [2.45, 2.75) is 19.3 Å². The van der Waals surface area contributed by atoms with E-state index >= 15 is 0 Å². The number of carboxylic acid groups (broad SMARTS) is 1. The Morgan fingerprint density at radius 3 is 2.83 bits per heavy atom. The molecule has 1 saturated carbocycles.